The molecule has 0 saturated carbocycles. The topological polar surface area (TPSA) is 47.6 Å². The molecule has 2 aromatic rings. The minimum Gasteiger partial charge on any atom is -0.493 e. The molecule has 0 aliphatic heterocycles. The van der Waals surface area contributed by atoms with Crippen LogP contribution in [0.25, 0.3) is 0 Å². The summed E-state index contributed by atoms with van der Waals surface area (Å²) in [7, 11) is 3.22. The van der Waals surface area contributed by atoms with Crippen LogP contribution in [0.5, 0.6) is 11.5 Å². The molecule has 0 saturated heterocycles. The molecule has 0 aliphatic rings. The first-order chi connectivity index (χ1) is 12.0. The fourth-order valence-corrected chi connectivity index (χ4v) is 2.90. The third kappa shape index (κ3) is 4.75. The molecule has 0 unspecified atom stereocenters. The molecule has 4 nitrogen and oxygen atoms in total. The maximum atomic E-state index is 12.5. The molecule has 0 aliphatic carbocycles. The molecule has 1 N–H and O–H groups in total. The van der Waals surface area contributed by atoms with Gasteiger partial charge < -0.3 is 14.8 Å². The van der Waals surface area contributed by atoms with E-state index in [1.54, 1.807) is 14.2 Å². The van der Waals surface area contributed by atoms with Gasteiger partial charge in [-0.2, -0.15) is 0 Å². The molecule has 0 bridgehead atoms. The number of hydrogen-bond acceptors (Lipinski definition) is 3. The van der Waals surface area contributed by atoms with Gasteiger partial charge in [-0.1, -0.05) is 36.8 Å². The van der Waals surface area contributed by atoms with Gasteiger partial charge in [0.2, 0.25) is 5.91 Å². The number of methoxy groups -OCH3 is 2. The molecule has 0 aromatic heterocycles. The Bertz CT molecular complexity index is 740. The summed E-state index contributed by atoms with van der Waals surface area (Å²) in [6.45, 7) is 6.13. The Morgan fingerprint density at radius 3 is 2.40 bits per heavy atom. The fourth-order valence-electron chi connectivity index (χ4n) is 2.90. The Morgan fingerprint density at radius 2 is 1.76 bits per heavy atom. The van der Waals surface area contributed by atoms with Gasteiger partial charge in [0.25, 0.3) is 0 Å². The number of hydrogen-bond donors (Lipinski definition) is 1. The second-order valence-corrected chi connectivity index (χ2v) is 6.25. The molecule has 2 rings (SSSR count). The molecular weight excluding hydrogens is 314 g/mol. The number of rotatable bonds is 7. The van der Waals surface area contributed by atoms with Crippen molar-refractivity contribution in [2.24, 2.45) is 0 Å². The number of nitrogens with one attached hydrogen (secondary N) is 1. The molecule has 0 spiro atoms. The van der Waals surface area contributed by atoms with E-state index in [0.29, 0.717) is 17.9 Å². The first-order valence-corrected chi connectivity index (χ1v) is 8.55. The Kier molecular flexibility index (Phi) is 6.45. The van der Waals surface area contributed by atoms with Gasteiger partial charge in [-0.05, 0) is 49.1 Å². The Hall–Kier alpha value is -2.49. The lowest BCUT2D eigenvalue weighted by Crippen LogP contribution is -2.29. The number of carbonyl (C=O) groups is 1. The van der Waals surface area contributed by atoms with E-state index in [2.05, 4.69) is 30.4 Å². The van der Waals surface area contributed by atoms with Crippen LogP contribution >= 0.6 is 0 Å². The van der Waals surface area contributed by atoms with Crippen molar-refractivity contribution in [3.8, 4) is 11.5 Å². The van der Waals surface area contributed by atoms with Crippen molar-refractivity contribution in [1.29, 1.82) is 0 Å². The van der Waals surface area contributed by atoms with Crippen molar-refractivity contribution < 1.29 is 14.3 Å². The fraction of sp³-hybridized carbons (Fsp3) is 0.381. The molecule has 1 atom stereocenters. The average Bonchev–Trinajstić information content (AvgIpc) is 2.62. The van der Waals surface area contributed by atoms with E-state index in [0.717, 1.165) is 23.1 Å². The molecular formula is C21H27NO3. The van der Waals surface area contributed by atoms with Crippen molar-refractivity contribution in [1.82, 2.24) is 5.32 Å². The first-order valence-electron chi connectivity index (χ1n) is 8.55. The van der Waals surface area contributed by atoms with E-state index in [4.69, 9.17) is 9.47 Å². The van der Waals surface area contributed by atoms with Gasteiger partial charge in [0.1, 0.15) is 0 Å². The summed E-state index contributed by atoms with van der Waals surface area (Å²) in [4.78, 5) is 12.5. The SMILES string of the molecule is CC[C@@H](NC(=O)Cc1cc(C)ccc1C)c1ccc(OC)c(OC)c1. The maximum absolute atomic E-state index is 12.5. The Labute approximate surface area is 150 Å². The molecule has 2 aromatic carbocycles. The minimum absolute atomic E-state index is 0.0235. The van der Waals surface area contributed by atoms with E-state index in [1.165, 1.54) is 5.56 Å². The summed E-state index contributed by atoms with van der Waals surface area (Å²) in [6.07, 6.45) is 1.19. The largest absolute Gasteiger partial charge is 0.493 e. The third-order valence-electron chi connectivity index (χ3n) is 4.41. The summed E-state index contributed by atoms with van der Waals surface area (Å²) in [6, 6.07) is 11.9. The monoisotopic (exact) mass is 341 g/mol. The predicted molar refractivity (Wildman–Crippen MR) is 100 cm³/mol. The minimum atomic E-state index is -0.0579. The number of aryl methyl sites for hydroxylation is 2. The van der Waals surface area contributed by atoms with Gasteiger partial charge in [-0.3, -0.25) is 4.79 Å². The highest BCUT2D eigenvalue weighted by Gasteiger charge is 2.16. The van der Waals surface area contributed by atoms with Gasteiger partial charge in [0, 0.05) is 0 Å². The second-order valence-electron chi connectivity index (χ2n) is 6.25. The van der Waals surface area contributed by atoms with Crippen LogP contribution in [0, 0.1) is 13.8 Å². The Morgan fingerprint density at radius 1 is 1.04 bits per heavy atom. The molecule has 25 heavy (non-hydrogen) atoms. The maximum Gasteiger partial charge on any atom is 0.224 e. The summed E-state index contributed by atoms with van der Waals surface area (Å²) >= 11 is 0. The zero-order valence-electron chi connectivity index (χ0n) is 15.7. The van der Waals surface area contributed by atoms with Crippen LogP contribution in [-0.2, 0) is 11.2 Å². The van der Waals surface area contributed by atoms with Gasteiger partial charge in [0.05, 0.1) is 26.7 Å². The normalized spacial score (nSPS) is 11.7. The van der Waals surface area contributed by atoms with Crippen LogP contribution in [0.15, 0.2) is 36.4 Å². The zero-order chi connectivity index (χ0) is 18.4. The summed E-state index contributed by atoms with van der Waals surface area (Å²) in [5.41, 5.74) is 4.38. The van der Waals surface area contributed by atoms with Crippen LogP contribution in [-0.4, -0.2) is 20.1 Å². The van der Waals surface area contributed by atoms with Crippen LogP contribution in [0.1, 0.15) is 41.6 Å². The van der Waals surface area contributed by atoms with E-state index >= 15 is 0 Å². The lowest BCUT2D eigenvalue weighted by molar-refractivity contribution is -0.121. The second kappa shape index (κ2) is 8.56. The van der Waals surface area contributed by atoms with Crippen LogP contribution in [0.2, 0.25) is 0 Å². The number of benzene rings is 2. The average molecular weight is 341 g/mol. The standard InChI is InChI=1S/C21H27NO3/c1-6-18(16-9-10-19(24-4)20(12-16)25-5)22-21(23)13-17-11-14(2)7-8-15(17)3/h7-12,18H,6,13H2,1-5H3,(H,22,23)/t18-/m1/s1. The molecule has 4 heteroatoms. The first kappa shape index (κ1) is 18.8. The van der Waals surface area contributed by atoms with Crippen LogP contribution < -0.4 is 14.8 Å². The Balaban J connectivity index is 2.13. The molecule has 134 valence electrons. The van der Waals surface area contributed by atoms with Gasteiger partial charge in [-0.15, -0.1) is 0 Å². The summed E-state index contributed by atoms with van der Waals surface area (Å²) in [5.74, 6) is 1.38. The predicted octanol–water partition coefficient (Wildman–Crippen LogP) is 4.13. The van der Waals surface area contributed by atoms with E-state index < -0.39 is 0 Å². The summed E-state index contributed by atoms with van der Waals surface area (Å²) < 4.78 is 10.6. The van der Waals surface area contributed by atoms with Crippen molar-refractivity contribution in [3.63, 3.8) is 0 Å². The molecule has 0 radical (unpaired) electrons. The number of carbonyl (C=O) groups excluding carboxylic acids is 1. The van der Waals surface area contributed by atoms with Crippen LogP contribution in [0.4, 0.5) is 0 Å². The number of amides is 1. The lowest BCUT2D eigenvalue weighted by atomic mass is 10.0. The summed E-state index contributed by atoms with van der Waals surface area (Å²) in [5, 5.41) is 3.13. The van der Waals surface area contributed by atoms with Gasteiger partial charge in [0.15, 0.2) is 11.5 Å². The highest BCUT2D eigenvalue weighted by atomic mass is 16.5. The van der Waals surface area contributed by atoms with Gasteiger partial charge in [-0.25, -0.2) is 0 Å². The van der Waals surface area contributed by atoms with Crippen LogP contribution in [0.3, 0.4) is 0 Å². The lowest BCUT2D eigenvalue weighted by Gasteiger charge is -2.19. The van der Waals surface area contributed by atoms with Crippen molar-refractivity contribution in [2.75, 3.05) is 14.2 Å². The smallest absolute Gasteiger partial charge is 0.224 e. The van der Waals surface area contributed by atoms with Gasteiger partial charge >= 0.3 is 0 Å². The van der Waals surface area contributed by atoms with E-state index in [1.807, 2.05) is 32.0 Å². The molecule has 1 amide bonds. The van der Waals surface area contributed by atoms with Crippen molar-refractivity contribution in [3.05, 3.63) is 58.7 Å². The molecule has 0 fully saturated rings. The number of ether oxygens (including phenoxy) is 2. The van der Waals surface area contributed by atoms with E-state index in [-0.39, 0.29) is 11.9 Å². The van der Waals surface area contributed by atoms with Crippen molar-refractivity contribution in [2.45, 2.75) is 39.7 Å². The van der Waals surface area contributed by atoms with Crippen molar-refractivity contribution >= 4 is 5.91 Å². The highest BCUT2D eigenvalue weighted by Crippen LogP contribution is 2.30. The quantitative estimate of drug-likeness (QED) is 0.824. The zero-order valence-corrected chi connectivity index (χ0v) is 15.7. The highest BCUT2D eigenvalue weighted by molar-refractivity contribution is 5.79. The third-order valence-corrected chi connectivity index (χ3v) is 4.41. The van der Waals surface area contributed by atoms with E-state index in [9.17, 15) is 4.79 Å². The molecule has 0 heterocycles.